The predicted molar refractivity (Wildman–Crippen MR) is 67.9 cm³/mol. The number of benzene rings is 1. The van der Waals surface area contributed by atoms with Gasteiger partial charge in [-0.05, 0) is 40.2 Å². The lowest BCUT2D eigenvalue weighted by molar-refractivity contribution is 0.460. The fourth-order valence-corrected chi connectivity index (χ4v) is 1.91. The van der Waals surface area contributed by atoms with Crippen molar-refractivity contribution in [2.45, 2.75) is 0 Å². The molecule has 82 valence electrons. The van der Waals surface area contributed by atoms with Gasteiger partial charge in [-0.15, -0.1) is 0 Å². The van der Waals surface area contributed by atoms with Gasteiger partial charge in [-0.1, -0.05) is 11.6 Å². The van der Waals surface area contributed by atoms with E-state index in [1.54, 1.807) is 36.5 Å². The second-order valence-corrected chi connectivity index (χ2v) is 4.39. The molecule has 1 heterocycles. The fourth-order valence-electron chi connectivity index (χ4n) is 1.15. The maximum Gasteiger partial charge on any atom is 0.221 e. The van der Waals surface area contributed by atoms with Gasteiger partial charge in [0.1, 0.15) is 5.75 Å². The Kier molecular flexibility index (Phi) is 3.31. The van der Waals surface area contributed by atoms with Crippen molar-refractivity contribution >= 4 is 33.2 Å². The first-order valence-electron chi connectivity index (χ1n) is 4.49. The van der Waals surface area contributed by atoms with Crippen molar-refractivity contribution in [1.29, 1.82) is 0 Å². The van der Waals surface area contributed by atoms with Gasteiger partial charge >= 0.3 is 0 Å². The summed E-state index contributed by atoms with van der Waals surface area (Å²) in [5.74, 6) is 1.09. The van der Waals surface area contributed by atoms with E-state index in [-0.39, 0.29) is 0 Å². The number of aromatic nitrogens is 1. The van der Waals surface area contributed by atoms with Gasteiger partial charge in [0.2, 0.25) is 5.88 Å². The molecule has 0 aliphatic heterocycles. The van der Waals surface area contributed by atoms with Crippen LogP contribution in [-0.2, 0) is 0 Å². The van der Waals surface area contributed by atoms with Crippen LogP contribution in [0.5, 0.6) is 11.6 Å². The van der Waals surface area contributed by atoms with Crippen molar-refractivity contribution in [2.24, 2.45) is 0 Å². The van der Waals surface area contributed by atoms with Crippen LogP contribution in [0.3, 0.4) is 0 Å². The monoisotopic (exact) mass is 298 g/mol. The summed E-state index contributed by atoms with van der Waals surface area (Å²) in [6, 6.07) is 8.61. The highest BCUT2D eigenvalue weighted by molar-refractivity contribution is 9.10. The Morgan fingerprint density at radius 2 is 2.06 bits per heavy atom. The minimum atomic E-state index is 0.447. The molecule has 0 bridgehead atoms. The minimum absolute atomic E-state index is 0.447. The summed E-state index contributed by atoms with van der Waals surface area (Å²) in [5.41, 5.74) is 6.23. The van der Waals surface area contributed by atoms with E-state index in [4.69, 9.17) is 22.1 Å². The lowest BCUT2D eigenvalue weighted by atomic mass is 10.3. The van der Waals surface area contributed by atoms with Crippen LogP contribution in [0.25, 0.3) is 0 Å². The fraction of sp³-hybridized carbons (Fsp3) is 0. The van der Waals surface area contributed by atoms with Gasteiger partial charge in [0.05, 0.1) is 4.47 Å². The first-order chi connectivity index (χ1) is 7.65. The SMILES string of the molecule is Nc1ccnc(Oc2ccc(Cl)cc2Br)c1. The van der Waals surface area contributed by atoms with Crippen molar-refractivity contribution in [3.8, 4) is 11.6 Å². The number of hydrogen-bond acceptors (Lipinski definition) is 3. The van der Waals surface area contributed by atoms with Crippen molar-refractivity contribution < 1.29 is 4.74 Å². The van der Waals surface area contributed by atoms with E-state index >= 15 is 0 Å². The first-order valence-corrected chi connectivity index (χ1v) is 5.67. The topological polar surface area (TPSA) is 48.1 Å². The Labute approximate surface area is 106 Å². The Hall–Kier alpha value is -1.26. The van der Waals surface area contributed by atoms with Crippen LogP contribution < -0.4 is 10.5 Å². The van der Waals surface area contributed by atoms with E-state index in [0.717, 1.165) is 4.47 Å². The van der Waals surface area contributed by atoms with Crippen LogP contribution in [0.1, 0.15) is 0 Å². The molecule has 16 heavy (non-hydrogen) atoms. The predicted octanol–water partition coefficient (Wildman–Crippen LogP) is 3.87. The highest BCUT2D eigenvalue weighted by atomic mass is 79.9. The number of nitrogens with zero attached hydrogens (tertiary/aromatic N) is 1. The Balaban J connectivity index is 2.27. The summed E-state index contributed by atoms with van der Waals surface area (Å²) >= 11 is 9.18. The third-order valence-corrected chi connectivity index (χ3v) is 2.72. The molecule has 1 aromatic heterocycles. The van der Waals surface area contributed by atoms with Crippen LogP contribution in [0, 0.1) is 0 Å². The highest BCUT2D eigenvalue weighted by Crippen LogP contribution is 2.31. The number of hydrogen-bond donors (Lipinski definition) is 1. The van der Waals surface area contributed by atoms with Gasteiger partial charge in [-0.3, -0.25) is 0 Å². The van der Waals surface area contributed by atoms with E-state index in [9.17, 15) is 0 Å². The van der Waals surface area contributed by atoms with Gasteiger partial charge in [0.15, 0.2) is 0 Å². The molecule has 0 fully saturated rings. The molecule has 0 saturated carbocycles. The van der Waals surface area contributed by atoms with Crippen molar-refractivity contribution in [1.82, 2.24) is 4.98 Å². The number of halogens is 2. The largest absolute Gasteiger partial charge is 0.438 e. The zero-order chi connectivity index (χ0) is 11.5. The van der Waals surface area contributed by atoms with Gasteiger partial charge in [0, 0.05) is 23.0 Å². The average Bonchev–Trinajstić information content (AvgIpc) is 2.22. The lowest BCUT2D eigenvalue weighted by Crippen LogP contribution is -1.91. The normalized spacial score (nSPS) is 10.1. The summed E-state index contributed by atoms with van der Waals surface area (Å²) in [6.07, 6.45) is 1.59. The van der Waals surface area contributed by atoms with Gasteiger partial charge < -0.3 is 10.5 Å². The zero-order valence-electron chi connectivity index (χ0n) is 8.15. The van der Waals surface area contributed by atoms with E-state index in [1.807, 2.05) is 0 Å². The third kappa shape index (κ3) is 2.65. The van der Waals surface area contributed by atoms with Crippen LogP contribution in [0.15, 0.2) is 41.0 Å². The summed E-state index contributed by atoms with van der Waals surface area (Å²) in [5, 5.41) is 0.639. The van der Waals surface area contributed by atoms with Gasteiger partial charge in [-0.25, -0.2) is 4.98 Å². The summed E-state index contributed by atoms with van der Waals surface area (Å²) in [4.78, 5) is 4.04. The van der Waals surface area contributed by atoms with Crippen molar-refractivity contribution in [2.75, 3.05) is 5.73 Å². The number of pyridine rings is 1. The first kappa shape index (κ1) is 11.2. The molecule has 2 rings (SSSR count). The molecule has 5 heteroatoms. The van der Waals surface area contributed by atoms with E-state index in [1.165, 1.54) is 0 Å². The quantitative estimate of drug-likeness (QED) is 0.915. The summed E-state index contributed by atoms with van der Waals surface area (Å²) in [7, 11) is 0. The number of rotatable bonds is 2. The highest BCUT2D eigenvalue weighted by Gasteiger charge is 2.04. The standard InChI is InChI=1S/C11H8BrClN2O/c12-9-5-7(13)1-2-10(9)16-11-6-8(14)3-4-15-11/h1-6H,(H2,14,15). The zero-order valence-corrected chi connectivity index (χ0v) is 10.5. The second kappa shape index (κ2) is 4.72. The molecular formula is C11H8BrClN2O. The van der Waals surface area contributed by atoms with E-state index in [0.29, 0.717) is 22.3 Å². The molecule has 0 atom stereocenters. The molecule has 0 saturated heterocycles. The maximum atomic E-state index is 5.82. The van der Waals surface area contributed by atoms with Crippen LogP contribution >= 0.6 is 27.5 Å². The van der Waals surface area contributed by atoms with Crippen LogP contribution in [0.4, 0.5) is 5.69 Å². The molecule has 0 aliphatic rings. The minimum Gasteiger partial charge on any atom is -0.438 e. The molecule has 1 aromatic carbocycles. The van der Waals surface area contributed by atoms with Crippen molar-refractivity contribution in [3.05, 3.63) is 46.0 Å². The summed E-state index contributed by atoms with van der Waals surface area (Å²) in [6.45, 7) is 0. The molecule has 3 nitrogen and oxygen atoms in total. The lowest BCUT2D eigenvalue weighted by Gasteiger charge is -2.07. The molecule has 0 aliphatic carbocycles. The molecule has 0 unspecified atom stereocenters. The molecule has 0 spiro atoms. The maximum absolute atomic E-state index is 5.82. The average molecular weight is 300 g/mol. The van der Waals surface area contributed by atoms with Crippen molar-refractivity contribution in [3.63, 3.8) is 0 Å². The van der Waals surface area contributed by atoms with E-state index < -0.39 is 0 Å². The Morgan fingerprint density at radius 3 is 2.75 bits per heavy atom. The van der Waals surface area contributed by atoms with E-state index in [2.05, 4.69) is 20.9 Å². The number of nitrogens with two attached hydrogens (primary N) is 1. The Bertz CT molecular complexity index is 519. The number of nitrogen functional groups attached to an aromatic ring is 1. The Morgan fingerprint density at radius 1 is 1.25 bits per heavy atom. The van der Waals surface area contributed by atoms with Crippen LogP contribution in [0.2, 0.25) is 5.02 Å². The molecule has 0 radical (unpaired) electrons. The summed E-state index contributed by atoms with van der Waals surface area (Å²) < 4.78 is 6.32. The third-order valence-electron chi connectivity index (χ3n) is 1.87. The number of ether oxygens (including phenoxy) is 1. The van der Waals surface area contributed by atoms with Crippen LogP contribution in [-0.4, -0.2) is 4.98 Å². The van der Waals surface area contributed by atoms with Gasteiger partial charge in [-0.2, -0.15) is 0 Å². The second-order valence-electron chi connectivity index (χ2n) is 3.10. The molecule has 0 amide bonds. The molecular weight excluding hydrogens is 291 g/mol. The smallest absolute Gasteiger partial charge is 0.221 e. The molecule has 2 aromatic rings. The molecule has 2 N–H and O–H groups in total. The number of anilines is 1. The van der Waals surface area contributed by atoms with Gasteiger partial charge in [0.25, 0.3) is 0 Å².